The van der Waals surface area contributed by atoms with Crippen molar-refractivity contribution in [3.05, 3.63) is 29.1 Å². The summed E-state index contributed by atoms with van der Waals surface area (Å²) in [6.07, 6.45) is 5.88. The van der Waals surface area contributed by atoms with E-state index in [-0.39, 0.29) is 24.4 Å². The van der Waals surface area contributed by atoms with E-state index in [2.05, 4.69) is 29.8 Å². The molecule has 126 valence electrons. The molecule has 1 N–H and O–H groups in total. The molecule has 0 unspecified atom stereocenters. The fraction of sp³-hybridized carbons (Fsp3) is 0.556. The standard InChI is InChI=1S/C18H27N3O2/c1-12(2)19-17(22)11-20(5)18(23)9-6-15-10-13(3)21(14(15)4)16-7-8-16/h6,9-10,12,16H,7-8,11H2,1-5H3,(H,19,22)/b9-6+. The number of rotatable bonds is 6. The van der Waals surface area contributed by atoms with Crippen molar-refractivity contribution in [2.24, 2.45) is 0 Å². The Hall–Kier alpha value is -2.04. The Balaban J connectivity index is 1.98. The van der Waals surface area contributed by atoms with Crippen LogP contribution in [0.4, 0.5) is 0 Å². The van der Waals surface area contributed by atoms with Gasteiger partial charge in [-0.15, -0.1) is 0 Å². The van der Waals surface area contributed by atoms with Crippen LogP contribution in [-0.4, -0.2) is 40.9 Å². The molecule has 0 aliphatic heterocycles. The molecule has 5 heteroatoms. The average molecular weight is 317 g/mol. The number of carbonyl (C=O) groups is 2. The second-order valence-corrected chi connectivity index (χ2v) is 6.68. The molecular formula is C18H27N3O2. The van der Waals surface area contributed by atoms with Crippen molar-refractivity contribution in [1.82, 2.24) is 14.8 Å². The fourth-order valence-corrected chi connectivity index (χ4v) is 2.82. The van der Waals surface area contributed by atoms with Crippen LogP contribution in [-0.2, 0) is 9.59 Å². The predicted molar refractivity (Wildman–Crippen MR) is 92.1 cm³/mol. The Morgan fingerprint density at radius 3 is 2.61 bits per heavy atom. The maximum Gasteiger partial charge on any atom is 0.246 e. The molecule has 0 saturated heterocycles. The molecule has 1 aromatic heterocycles. The van der Waals surface area contributed by atoms with E-state index in [1.165, 1.54) is 29.1 Å². The Kier molecular flexibility index (Phi) is 5.29. The maximum atomic E-state index is 12.1. The topological polar surface area (TPSA) is 54.3 Å². The number of carbonyl (C=O) groups excluding carboxylic acids is 2. The van der Waals surface area contributed by atoms with E-state index in [1.807, 2.05) is 19.9 Å². The summed E-state index contributed by atoms with van der Waals surface area (Å²) in [5.41, 5.74) is 3.51. The van der Waals surface area contributed by atoms with Crippen molar-refractivity contribution in [1.29, 1.82) is 0 Å². The molecule has 2 rings (SSSR count). The minimum absolute atomic E-state index is 0.0719. The highest BCUT2D eigenvalue weighted by Crippen LogP contribution is 2.38. The zero-order valence-corrected chi connectivity index (χ0v) is 14.7. The molecule has 23 heavy (non-hydrogen) atoms. The third-order valence-corrected chi connectivity index (χ3v) is 4.05. The van der Waals surface area contributed by atoms with Crippen LogP contribution in [0.25, 0.3) is 6.08 Å². The summed E-state index contributed by atoms with van der Waals surface area (Å²) >= 11 is 0. The summed E-state index contributed by atoms with van der Waals surface area (Å²) in [6.45, 7) is 8.06. The maximum absolute atomic E-state index is 12.1. The SMILES string of the molecule is Cc1cc(/C=C/C(=O)N(C)CC(=O)NC(C)C)c(C)n1C1CC1. The zero-order chi connectivity index (χ0) is 17.1. The molecule has 1 aliphatic rings. The number of aromatic nitrogens is 1. The number of nitrogens with one attached hydrogen (secondary N) is 1. The summed E-state index contributed by atoms with van der Waals surface area (Å²) in [5, 5.41) is 2.78. The predicted octanol–water partition coefficient (Wildman–Crippen LogP) is 2.44. The van der Waals surface area contributed by atoms with Crippen LogP contribution >= 0.6 is 0 Å². The van der Waals surface area contributed by atoms with Gasteiger partial charge in [0.2, 0.25) is 11.8 Å². The number of nitrogens with zero attached hydrogens (tertiary/aromatic N) is 2. The van der Waals surface area contributed by atoms with Gasteiger partial charge in [0.25, 0.3) is 0 Å². The van der Waals surface area contributed by atoms with E-state index < -0.39 is 0 Å². The summed E-state index contributed by atoms with van der Waals surface area (Å²) in [4.78, 5) is 25.3. The first-order valence-electron chi connectivity index (χ1n) is 8.20. The van der Waals surface area contributed by atoms with Crippen LogP contribution in [0.3, 0.4) is 0 Å². The number of aryl methyl sites for hydroxylation is 1. The van der Waals surface area contributed by atoms with Crippen LogP contribution < -0.4 is 5.32 Å². The summed E-state index contributed by atoms with van der Waals surface area (Å²) in [7, 11) is 1.64. The Morgan fingerprint density at radius 2 is 2.04 bits per heavy atom. The van der Waals surface area contributed by atoms with Crippen molar-refractivity contribution >= 4 is 17.9 Å². The third kappa shape index (κ3) is 4.47. The van der Waals surface area contributed by atoms with Crippen molar-refractivity contribution in [2.75, 3.05) is 13.6 Å². The molecule has 0 radical (unpaired) electrons. The lowest BCUT2D eigenvalue weighted by Crippen LogP contribution is -2.40. The number of likely N-dealkylation sites (N-methyl/N-ethyl adjacent to an activating group) is 1. The molecule has 0 spiro atoms. The van der Waals surface area contributed by atoms with Crippen LogP contribution in [0.2, 0.25) is 0 Å². The van der Waals surface area contributed by atoms with Gasteiger partial charge in [0.1, 0.15) is 0 Å². The first-order valence-corrected chi connectivity index (χ1v) is 8.20. The van der Waals surface area contributed by atoms with Crippen LogP contribution in [0.15, 0.2) is 12.1 Å². The Bertz CT molecular complexity index is 624. The molecule has 1 aliphatic carbocycles. The Labute approximate surface area is 138 Å². The molecule has 1 heterocycles. The summed E-state index contributed by atoms with van der Waals surface area (Å²) in [5.74, 6) is -0.309. The normalized spacial score (nSPS) is 14.5. The molecule has 2 amide bonds. The van der Waals surface area contributed by atoms with Gasteiger partial charge in [-0.1, -0.05) is 0 Å². The van der Waals surface area contributed by atoms with Crippen LogP contribution in [0.1, 0.15) is 49.7 Å². The van der Waals surface area contributed by atoms with Gasteiger partial charge >= 0.3 is 0 Å². The second kappa shape index (κ2) is 7.02. The van der Waals surface area contributed by atoms with E-state index in [0.29, 0.717) is 6.04 Å². The van der Waals surface area contributed by atoms with Crippen molar-refractivity contribution in [3.8, 4) is 0 Å². The summed E-state index contributed by atoms with van der Waals surface area (Å²) in [6, 6.07) is 2.83. The zero-order valence-electron chi connectivity index (χ0n) is 14.7. The molecule has 0 aromatic carbocycles. The van der Waals surface area contributed by atoms with Gasteiger partial charge < -0.3 is 14.8 Å². The van der Waals surface area contributed by atoms with Crippen LogP contribution in [0, 0.1) is 13.8 Å². The van der Waals surface area contributed by atoms with Gasteiger partial charge in [0.15, 0.2) is 0 Å². The first kappa shape index (κ1) is 17.3. The third-order valence-electron chi connectivity index (χ3n) is 4.05. The van der Waals surface area contributed by atoms with Crippen molar-refractivity contribution in [3.63, 3.8) is 0 Å². The quantitative estimate of drug-likeness (QED) is 0.819. The summed E-state index contributed by atoms with van der Waals surface area (Å²) < 4.78 is 2.35. The van der Waals surface area contributed by atoms with E-state index >= 15 is 0 Å². The van der Waals surface area contributed by atoms with E-state index in [0.717, 1.165) is 5.56 Å². The van der Waals surface area contributed by atoms with Crippen LogP contribution in [0.5, 0.6) is 0 Å². The van der Waals surface area contributed by atoms with Gasteiger partial charge in [0.05, 0.1) is 6.54 Å². The average Bonchev–Trinajstić information content (AvgIpc) is 3.22. The highest BCUT2D eigenvalue weighted by molar-refractivity contribution is 5.94. The smallest absolute Gasteiger partial charge is 0.246 e. The van der Waals surface area contributed by atoms with Gasteiger partial charge in [0, 0.05) is 36.6 Å². The lowest BCUT2D eigenvalue weighted by Gasteiger charge is -2.16. The van der Waals surface area contributed by atoms with Gasteiger partial charge in [-0.2, -0.15) is 0 Å². The highest BCUT2D eigenvalue weighted by atomic mass is 16.2. The van der Waals surface area contributed by atoms with Gasteiger partial charge in [-0.3, -0.25) is 9.59 Å². The molecule has 1 saturated carbocycles. The van der Waals surface area contributed by atoms with E-state index in [1.54, 1.807) is 13.1 Å². The molecule has 1 fully saturated rings. The van der Waals surface area contributed by atoms with Crippen molar-refractivity contribution in [2.45, 2.75) is 52.6 Å². The van der Waals surface area contributed by atoms with E-state index in [9.17, 15) is 9.59 Å². The Morgan fingerprint density at radius 1 is 1.39 bits per heavy atom. The highest BCUT2D eigenvalue weighted by Gasteiger charge is 2.26. The largest absolute Gasteiger partial charge is 0.352 e. The lowest BCUT2D eigenvalue weighted by atomic mass is 10.2. The molecule has 0 bridgehead atoms. The number of hydrogen-bond acceptors (Lipinski definition) is 2. The first-order chi connectivity index (χ1) is 10.8. The molecule has 1 aromatic rings. The van der Waals surface area contributed by atoms with E-state index in [4.69, 9.17) is 0 Å². The molecular weight excluding hydrogens is 290 g/mol. The minimum Gasteiger partial charge on any atom is -0.352 e. The van der Waals surface area contributed by atoms with Gasteiger partial charge in [-0.05, 0) is 58.2 Å². The number of hydrogen-bond donors (Lipinski definition) is 1. The fourth-order valence-electron chi connectivity index (χ4n) is 2.82. The number of amides is 2. The monoisotopic (exact) mass is 317 g/mol. The second-order valence-electron chi connectivity index (χ2n) is 6.68. The molecule has 0 atom stereocenters. The van der Waals surface area contributed by atoms with Crippen molar-refractivity contribution < 1.29 is 9.59 Å². The van der Waals surface area contributed by atoms with Gasteiger partial charge in [-0.25, -0.2) is 0 Å². The lowest BCUT2D eigenvalue weighted by molar-refractivity contribution is -0.131. The molecule has 5 nitrogen and oxygen atoms in total. The minimum atomic E-state index is -0.167.